The van der Waals surface area contributed by atoms with Crippen molar-refractivity contribution in [2.45, 2.75) is 66.0 Å². The molecule has 0 saturated heterocycles. The predicted molar refractivity (Wildman–Crippen MR) is 84.3 cm³/mol. The lowest BCUT2D eigenvalue weighted by Gasteiger charge is -2.16. The molecule has 0 amide bonds. The molecule has 18 heavy (non-hydrogen) atoms. The van der Waals surface area contributed by atoms with Gasteiger partial charge in [-0.2, -0.15) is 0 Å². The van der Waals surface area contributed by atoms with Crippen LogP contribution in [-0.4, -0.2) is 28.1 Å². The van der Waals surface area contributed by atoms with E-state index in [0.717, 1.165) is 24.3 Å². The summed E-state index contributed by atoms with van der Waals surface area (Å²) in [7, 11) is -3.25. The zero-order valence-electron chi connectivity index (χ0n) is 13.1. The minimum atomic E-state index is -1.63. The first kappa shape index (κ1) is 17.4. The summed E-state index contributed by atoms with van der Waals surface area (Å²) in [6.07, 6.45) is 1.89. The molecule has 0 heterocycles. The Hall–Kier alpha value is -0.626. The highest BCUT2D eigenvalue weighted by Gasteiger charge is 2.18. The van der Waals surface area contributed by atoms with Crippen LogP contribution in [-0.2, 0) is 9.05 Å². The second-order valence-corrected chi connectivity index (χ2v) is 15.2. The van der Waals surface area contributed by atoms with Gasteiger partial charge in [-0.3, -0.25) is 0 Å². The molecule has 0 atom stereocenters. The molecule has 0 N–H and O–H groups in total. The molecule has 0 spiro atoms. The van der Waals surface area contributed by atoms with Crippen LogP contribution < -0.4 is 0 Å². The summed E-state index contributed by atoms with van der Waals surface area (Å²) in [4.78, 5) is 0. The first-order chi connectivity index (χ1) is 8.05. The Morgan fingerprint density at radius 2 is 1.33 bits per heavy atom. The lowest BCUT2D eigenvalue weighted by molar-refractivity contribution is 0.329. The Balaban J connectivity index is 4.78. The van der Waals surface area contributed by atoms with Gasteiger partial charge >= 0.3 is 0 Å². The number of rotatable bonds is 7. The van der Waals surface area contributed by atoms with Gasteiger partial charge in [-0.25, -0.2) is 0 Å². The Morgan fingerprint density at radius 1 is 0.889 bits per heavy atom. The van der Waals surface area contributed by atoms with Crippen LogP contribution in [0.3, 0.4) is 0 Å². The topological polar surface area (TPSA) is 43.2 Å². The normalized spacial score (nSPS) is 14.7. The molecule has 106 valence electrons. The van der Waals surface area contributed by atoms with E-state index in [4.69, 9.17) is 9.05 Å². The summed E-state index contributed by atoms with van der Waals surface area (Å²) in [6.45, 7) is 16.7. The van der Waals surface area contributed by atoms with E-state index in [1.54, 1.807) is 0 Å². The first-order valence-corrected chi connectivity index (χ1v) is 13.3. The Morgan fingerprint density at radius 3 is 1.72 bits per heavy atom. The summed E-state index contributed by atoms with van der Waals surface area (Å²) in [6, 6.07) is 0. The number of nitrogens with zero attached hydrogens (tertiary/aromatic N) is 2. The molecular formula is C12H28N2O2Si2. The van der Waals surface area contributed by atoms with Crippen LogP contribution in [0.2, 0.25) is 39.3 Å². The molecule has 0 aromatic carbocycles. The van der Waals surface area contributed by atoms with E-state index in [1.165, 1.54) is 0 Å². The largest absolute Gasteiger partial charge is 0.455 e. The highest BCUT2D eigenvalue weighted by molar-refractivity contribution is 6.70. The van der Waals surface area contributed by atoms with E-state index in [2.05, 4.69) is 56.5 Å². The minimum absolute atomic E-state index is 0.831. The van der Waals surface area contributed by atoms with Crippen molar-refractivity contribution in [3.05, 3.63) is 0 Å². The van der Waals surface area contributed by atoms with Gasteiger partial charge in [0, 0.05) is 0 Å². The fraction of sp³-hybridized carbons (Fsp3) is 0.833. The third-order valence-corrected chi connectivity index (χ3v) is 3.07. The highest BCUT2D eigenvalue weighted by Crippen LogP contribution is 2.07. The van der Waals surface area contributed by atoms with Gasteiger partial charge in [0.05, 0.1) is 5.71 Å². The molecular weight excluding hydrogens is 260 g/mol. The number of hydrogen-bond acceptors (Lipinski definition) is 4. The van der Waals surface area contributed by atoms with Gasteiger partial charge in [-0.05, 0) is 52.6 Å². The van der Waals surface area contributed by atoms with Crippen LogP contribution in [0.15, 0.2) is 10.3 Å². The molecule has 0 rings (SSSR count). The van der Waals surface area contributed by atoms with E-state index >= 15 is 0 Å². The molecule has 0 fully saturated rings. The summed E-state index contributed by atoms with van der Waals surface area (Å²) in [5.41, 5.74) is 1.73. The third kappa shape index (κ3) is 9.41. The van der Waals surface area contributed by atoms with Gasteiger partial charge in [0.2, 0.25) is 0 Å². The number of oxime groups is 2. The molecule has 4 nitrogen and oxygen atoms in total. The van der Waals surface area contributed by atoms with Gasteiger partial charge in [0.25, 0.3) is 16.6 Å². The monoisotopic (exact) mass is 288 g/mol. The lowest BCUT2D eigenvalue weighted by atomic mass is 10.1. The van der Waals surface area contributed by atoms with E-state index < -0.39 is 16.6 Å². The van der Waals surface area contributed by atoms with Gasteiger partial charge in [0.1, 0.15) is 5.71 Å². The average Bonchev–Trinajstić information content (AvgIpc) is 2.18. The van der Waals surface area contributed by atoms with Gasteiger partial charge in [0.15, 0.2) is 0 Å². The standard InChI is InChI=1S/C12H28N2O2Si2/c1-9-10-12(14-16-18(6,7)8)11(2)13-15-17(3,4)5/h9-10H2,1-8H3/b13-11+,14-12+. The maximum Gasteiger partial charge on any atom is 0.278 e. The maximum atomic E-state index is 5.60. The molecule has 0 radical (unpaired) electrons. The van der Waals surface area contributed by atoms with Gasteiger partial charge in [-0.1, -0.05) is 13.3 Å². The Labute approximate surface area is 114 Å². The first-order valence-electron chi connectivity index (χ1n) is 6.53. The predicted octanol–water partition coefficient (Wildman–Crippen LogP) is 4.22. The summed E-state index contributed by atoms with van der Waals surface area (Å²) in [5, 5.41) is 8.47. The summed E-state index contributed by atoms with van der Waals surface area (Å²) < 4.78 is 11.2. The van der Waals surface area contributed by atoms with E-state index in [0.29, 0.717) is 0 Å². The van der Waals surface area contributed by atoms with Crippen LogP contribution in [0, 0.1) is 0 Å². The van der Waals surface area contributed by atoms with E-state index in [-0.39, 0.29) is 0 Å². The van der Waals surface area contributed by atoms with Gasteiger partial charge < -0.3 is 9.05 Å². The molecule has 0 aliphatic rings. The maximum absolute atomic E-state index is 5.60. The quantitative estimate of drug-likeness (QED) is 0.400. The molecule has 0 saturated carbocycles. The van der Waals surface area contributed by atoms with Crippen LogP contribution in [0.4, 0.5) is 0 Å². The Bertz CT molecular complexity index is 315. The van der Waals surface area contributed by atoms with Crippen LogP contribution in [0.1, 0.15) is 26.7 Å². The molecule has 0 aliphatic carbocycles. The van der Waals surface area contributed by atoms with Crippen molar-refractivity contribution < 1.29 is 9.05 Å². The van der Waals surface area contributed by atoms with Crippen molar-refractivity contribution in [1.29, 1.82) is 0 Å². The molecule has 0 bridgehead atoms. The second-order valence-electron chi connectivity index (χ2n) is 6.37. The van der Waals surface area contributed by atoms with Crippen molar-refractivity contribution >= 4 is 28.1 Å². The zero-order chi connectivity index (χ0) is 14.4. The van der Waals surface area contributed by atoms with Crippen molar-refractivity contribution in [1.82, 2.24) is 0 Å². The van der Waals surface area contributed by atoms with E-state index in [1.807, 2.05) is 6.92 Å². The zero-order valence-corrected chi connectivity index (χ0v) is 15.1. The number of hydrogen-bond donors (Lipinski definition) is 0. The molecule has 0 unspecified atom stereocenters. The fourth-order valence-electron chi connectivity index (χ4n) is 0.980. The molecule has 6 heteroatoms. The lowest BCUT2D eigenvalue weighted by Crippen LogP contribution is -2.26. The highest BCUT2D eigenvalue weighted by atomic mass is 28.4. The average molecular weight is 289 g/mol. The van der Waals surface area contributed by atoms with Crippen LogP contribution in [0.5, 0.6) is 0 Å². The molecule has 0 aromatic heterocycles. The molecule has 0 aliphatic heterocycles. The van der Waals surface area contributed by atoms with Crippen LogP contribution >= 0.6 is 0 Å². The third-order valence-electron chi connectivity index (χ3n) is 1.79. The smallest absolute Gasteiger partial charge is 0.278 e. The Kier molecular flexibility index (Phi) is 6.84. The molecule has 0 aromatic rings. The SMILES string of the molecule is CCCC(=N\O[Si](C)(C)C)/C(C)=N/O[Si](C)(C)C. The van der Waals surface area contributed by atoms with Gasteiger partial charge in [-0.15, -0.1) is 10.3 Å². The minimum Gasteiger partial charge on any atom is -0.455 e. The van der Waals surface area contributed by atoms with Crippen LogP contribution in [0.25, 0.3) is 0 Å². The summed E-state index contributed by atoms with van der Waals surface area (Å²) >= 11 is 0. The summed E-state index contributed by atoms with van der Waals surface area (Å²) in [5.74, 6) is 0. The fourth-order valence-corrected chi connectivity index (χ4v) is 1.77. The van der Waals surface area contributed by atoms with Crippen molar-refractivity contribution in [2.75, 3.05) is 0 Å². The van der Waals surface area contributed by atoms with Crippen molar-refractivity contribution in [2.24, 2.45) is 10.3 Å². The second kappa shape index (κ2) is 7.08. The van der Waals surface area contributed by atoms with Crippen molar-refractivity contribution in [3.63, 3.8) is 0 Å². The van der Waals surface area contributed by atoms with E-state index in [9.17, 15) is 0 Å². The van der Waals surface area contributed by atoms with Crippen molar-refractivity contribution in [3.8, 4) is 0 Å².